The van der Waals surface area contributed by atoms with Gasteiger partial charge in [0.2, 0.25) is 10.0 Å². The smallest absolute Gasteiger partial charge is 0.369 e. The van der Waals surface area contributed by atoms with Crippen LogP contribution in [0.2, 0.25) is 0 Å². The van der Waals surface area contributed by atoms with Gasteiger partial charge in [0.05, 0.1) is 10.5 Å². The normalized spacial score (nSPS) is 16.2. The lowest BCUT2D eigenvalue weighted by molar-refractivity contribution is -0.387. The van der Waals surface area contributed by atoms with E-state index in [0.717, 1.165) is 22.5 Å². The molecule has 0 amide bonds. The van der Waals surface area contributed by atoms with E-state index in [1.807, 2.05) is 0 Å². The number of anilines is 1. The molecule has 0 saturated carbocycles. The zero-order chi connectivity index (χ0) is 20.5. The number of nitrogens with zero attached hydrogens (tertiary/aromatic N) is 3. The van der Waals surface area contributed by atoms with Crippen LogP contribution in [0.5, 0.6) is 0 Å². The number of halogens is 3. The van der Waals surface area contributed by atoms with Crippen LogP contribution in [0.15, 0.2) is 53.4 Å². The van der Waals surface area contributed by atoms with E-state index in [2.05, 4.69) is 0 Å². The van der Waals surface area contributed by atoms with Crippen LogP contribution in [0.25, 0.3) is 0 Å². The topological polar surface area (TPSA) is 83.8 Å². The lowest BCUT2D eigenvalue weighted by atomic mass is 10.1. The third-order valence-corrected chi connectivity index (χ3v) is 6.40. The van der Waals surface area contributed by atoms with E-state index in [-0.39, 0.29) is 26.2 Å². The maximum absolute atomic E-state index is 12.9. The van der Waals surface area contributed by atoms with E-state index >= 15 is 0 Å². The molecule has 0 unspecified atom stereocenters. The van der Waals surface area contributed by atoms with Crippen LogP contribution in [-0.2, 0) is 16.2 Å². The Balaban J connectivity index is 1.78. The first-order valence-electron chi connectivity index (χ1n) is 8.26. The van der Waals surface area contributed by atoms with E-state index in [4.69, 9.17) is 0 Å². The lowest BCUT2D eigenvalue weighted by Gasteiger charge is -2.35. The van der Waals surface area contributed by atoms with Crippen LogP contribution < -0.4 is 4.90 Å². The molecule has 0 N–H and O–H groups in total. The minimum Gasteiger partial charge on any atom is -0.369 e. The first-order valence-corrected chi connectivity index (χ1v) is 9.70. The molecule has 1 aliphatic heterocycles. The van der Waals surface area contributed by atoms with Gasteiger partial charge in [-0.05, 0) is 24.3 Å². The monoisotopic (exact) mass is 415 g/mol. The molecule has 0 radical (unpaired) electrons. The summed E-state index contributed by atoms with van der Waals surface area (Å²) in [6, 6.07) is 9.89. The Morgan fingerprint density at radius 3 is 2.21 bits per heavy atom. The van der Waals surface area contributed by atoms with Crippen molar-refractivity contribution in [2.24, 2.45) is 0 Å². The van der Waals surface area contributed by atoms with Gasteiger partial charge in [-0.1, -0.05) is 18.2 Å². The molecule has 1 aliphatic rings. The van der Waals surface area contributed by atoms with Crippen molar-refractivity contribution in [3.63, 3.8) is 0 Å². The van der Waals surface area contributed by atoms with Gasteiger partial charge in [0.1, 0.15) is 0 Å². The van der Waals surface area contributed by atoms with Crippen LogP contribution in [0.4, 0.5) is 24.5 Å². The zero-order valence-electron chi connectivity index (χ0n) is 14.5. The van der Waals surface area contributed by atoms with E-state index < -0.39 is 37.3 Å². The van der Waals surface area contributed by atoms with E-state index in [1.54, 1.807) is 4.90 Å². The highest BCUT2D eigenvalue weighted by Crippen LogP contribution is 2.32. The van der Waals surface area contributed by atoms with E-state index in [9.17, 15) is 31.7 Å². The lowest BCUT2D eigenvalue weighted by Crippen LogP contribution is -2.48. The molecule has 2 aromatic carbocycles. The second-order valence-electron chi connectivity index (χ2n) is 6.16. The standard InChI is InChI=1S/C17H16F3N3O4S/c18-17(19,20)13-4-3-5-14(12-13)21-8-10-22(11-9-21)28(26,27)16-7-2-1-6-15(16)23(24)25/h1-7,12H,8-11H2. The Hall–Kier alpha value is -2.66. The summed E-state index contributed by atoms with van der Waals surface area (Å²) in [7, 11) is -4.09. The van der Waals surface area contributed by atoms with Gasteiger partial charge in [-0.15, -0.1) is 0 Å². The van der Waals surface area contributed by atoms with Gasteiger partial charge in [-0.25, -0.2) is 8.42 Å². The highest BCUT2D eigenvalue weighted by Gasteiger charge is 2.34. The summed E-state index contributed by atoms with van der Waals surface area (Å²) in [6.07, 6.45) is -4.46. The van der Waals surface area contributed by atoms with Crippen molar-refractivity contribution >= 4 is 21.4 Å². The molecule has 7 nitrogen and oxygen atoms in total. The maximum Gasteiger partial charge on any atom is 0.416 e. The second-order valence-corrected chi connectivity index (χ2v) is 8.07. The van der Waals surface area contributed by atoms with E-state index in [0.29, 0.717) is 5.69 Å². The summed E-state index contributed by atoms with van der Waals surface area (Å²) in [4.78, 5) is 11.6. The van der Waals surface area contributed by atoms with Crippen molar-refractivity contribution in [2.45, 2.75) is 11.1 Å². The van der Waals surface area contributed by atoms with Gasteiger partial charge in [-0.2, -0.15) is 17.5 Å². The molecule has 0 spiro atoms. The molecule has 1 saturated heterocycles. The van der Waals surface area contributed by atoms with Crippen LogP contribution >= 0.6 is 0 Å². The number of piperazine rings is 1. The predicted molar refractivity (Wildman–Crippen MR) is 95.5 cm³/mol. The van der Waals surface area contributed by atoms with Gasteiger partial charge in [0.25, 0.3) is 5.69 Å². The number of alkyl halides is 3. The quantitative estimate of drug-likeness (QED) is 0.566. The molecule has 1 heterocycles. The van der Waals surface area contributed by atoms with Crippen molar-refractivity contribution in [3.05, 3.63) is 64.2 Å². The van der Waals surface area contributed by atoms with Crippen molar-refractivity contribution in [1.82, 2.24) is 4.31 Å². The van der Waals surface area contributed by atoms with Crippen LogP contribution in [0.3, 0.4) is 0 Å². The fourth-order valence-corrected chi connectivity index (χ4v) is 4.61. The molecule has 0 bridgehead atoms. The highest BCUT2D eigenvalue weighted by molar-refractivity contribution is 7.89. The number of para-hydroxylation sites is 1. The molecule has 150 valence electrons. The number of sulfonamides is 1. The Labute approximate surface area is 159 Å². The first-order chi connectivity index (χ1) is 13.1. The number of hydrogen-bond acceptors (Lipinski definition) is 5. The first kappa shape index (κ1) is 20.1. The average molecular weight is 415 g/mol. The Morgan fingerprint density at radius 2 is 1.61 bits per heavy atom. The highest BCUT2D eigenvalue weighted by atomic mass is 32.2. The summed E-state index contributed by atoms with van der Waals surface area (Å²) >= 11 is 0. The second kappa shape index (κ2) is 7.40. The molecule has 0 aromatic heterocycles. The van der Waals surface area contributed by atoms with Crippen molar-refractivity contribution in [2.75, 3.05) is 31.1 Å². The molecular weight excluding hydrogens is 399 g/mol. The zero-order valence-corrected chi connectivity index (χ0v) is 15.3. The Bertz CT molecular complexity index is 987. The van der Waals surface area contributed by atoms with Crippen molar-refractivity contribution in [3.8, 4) is 0 Å². The molecule has 28 heavy (non-hydrogen) atoms. The number of rotatable bonds is 4. The average Bonchev–Trinajstić information content (AvgIpc) is 2.67. The molecule has 3 rings (SSSR count). The van der Waals surface area contributed by atoms with Crippen LogP contribution in [0.1, 0.15) is 5.56 Å². The molecule has 0 aliphatic carbocycles. The maximum atomic E-state index is 12.9. The van der Waals surface area contributed by atoms with Crippen LogP contribution in [0, 0.1) is 10.1 Å². The number of benzene rings is 2. The SMILES string of the molecule is O=[N+]([O-])c1ccccc1S(=O)(=O)N1CCN(c2cccc(C(F)(F)F)c2)CC1. The molecule has 11 heteroatoms. The summed E-state index contributed by atoms with van der Waals surface area (Å²) in [5.41, 5.74) is -0.944. The van der Waals surface area contributed by atoms with Crippen molar-refractivity contribution in [1.29, 1.82) is 0 Å². The summed E-state index contributed by atoms with van der Waals surface area (Å²) in [6.45, 7) is 0.345. The fourth-order valence-electron chi connectivity index (χ4n) is 3.03. The molecular formula is C17H16F3N3O4S. The number of nitro groups is 1. The third kappa shape index (κ3) is 3.94. The third-order valence-electron chi connectivity index (χ3n) is 4.46. The van der Waals surface area contributed by atoms with Gasteiger partial charge in [-0.3, -0.25) is 10.1 Å². The molecule has 0 atom stereocenters. The largest absolute Gasteiger partial charge is 0.416 e. The summed E-state index contributed by atoms with van der Waals surface area (Å²) < 4.78 is 65.4. The number of nitro benzene ring substituents is 1. The Kier molecular flexibility index (Phi) is 5.31. The van der Waals surface area contributed by atoms with Gasteiger partial charge in [0, 0.05) is 37.9 Å². The fraction of sp³-hybridized carbons (Fsp3) is 0.294. The predicted octanol–water partition coefficient (Wildman–Crippen LogP) is 3.12. The Morgan fingerprint density at radius 1 is 0.964 bits per heavy atom. The minimum absolute atomic E-state index is 0.00459. The summed E-state index contributed by atoms with van der Waals surface area (Å²) in [5.74, 6) is 0. The van der Waals surface area contributed by atoms with Gasteiger partial charge >= 0.3 is 6.18 Å². The molecule has 1 fully saturated rings. The summed E-state index contributed by atoms with van der Waals surface area (Å²) in [5, 5.41) is 11.1. The van der Waals surface area contributed by atoms with Crippen molar-refractivity contribution < 1.29 is 26.5 Å². The number of hydrogen-bond donors (Lipinski definition) is 0. The van der Waals surface area contributed by atoms with E-state index in [1.165, 1.54) is 30.3 Å². The van der Waals surface area contributed by atoms with Gasteiger partial charge < -0.3 is 4.90 Å². The minimum atomic E-state index is -4.46. The van der Waals surface area contributed by atoms with Gasteiger partial charge in [0.15, 0.2) is 4.90 Å². The molecule has 2 aromatic rings. The van der Waals surface area contributed by atoms with Crippen LogP contribution in [-0.4, -0.2) is 43.8 Å².